The van der Waals surface area contributed by atoms with Crippen molar-refractivity contribution in [3.8, 4) is 10.7 Å². The molecule has 0 atom stereocenters. The van der Waals surface area contributed by atoms with Crippen molar-refractivity contribution >= 4 is 44.7 Å². The topological polar surface area (TPSA) is 91.1 Å². The Morgan fingerprint density at radius 1 is 1.28 bits per heavy atom. The van der Waals surface area contributed by atoms with E-state index in [1.54, 1.807) is 23.6 Å². The van der Waals surface area contributed by atoms with Crippen LogP contribution in [0.2, 0.25) is 0 Å². The van der Waals surface area contributed by atoms with Gasteiger partial charge in [-0.05, 0) is 39.5 Å². The molecule has 0 fully saturated rings. The summed E-state index contributed by atoms with van der Waals surface area (Å²) in [4.78, 5) is 17.7. The lowest BCUT2D eigenvalue weighted by molar-refractivity contribution is 0.849. The maximum atomic E-state index is 12.2. The molecule has 4 aromatic heterocycles. The highest BCUT2D eigenvalue weighted by atomic mass is 79.9. The second-order valence-corrected chi connectivity index (χ2v) is 7.91. The molecule has 126 valence electrons. The zero-order chi connectivity index (χ0) is 17.4. The van der Waals surface area contributed by atoms with E-state index in [-0.39, 0.29) is 5.56 Å². The fourth-order valence-electron chi connectivity index (χ4n) is 2.29. The highest BCUT2D eigenvalue weighted by Crippen LogP contribution is 2.26. The first-order valence-corrected chi connectivity index (χ1v) is 9.82. The Labute approximate surface area is 158 Å². The fraction of sp³-hybridized carbons (Fsp3) is 0.0667. The number of fused-ring (bicyclic) bond motifs is 1. The van der Waals surface area contributed by atoms with Crippen LogP contribution in [-0.2, 0) is 5.75 Å². The molecule has 0 saturated carbocycles. The lowest BCUT2D eigenvalue weighted by Crippen LogP contribution is -2.15. The molecular weight excluding hydrogens is 424 g/mol. The molecule has 0 saturated heterocycles. The summed E-state index contributed by atoms with van der Waals surface area (Å²) in [6, 6.07) is 9.04. The van der Waals surface area contributed by atoms with Crippen molar-refractivity contribution in [3.63, 3.8) is 0 Å². The number of nitrogens with zero attached hydrogens (tertiary/aromatic N) is 5. The van der Waals surface area contributed by atoms with Crippen LogP contribution in [0.25, 0.3) is 16.3 Å². The van der Waals surface area contributed by atoms with E-state index < -0.39 is 0 Å². The summed E-state index contributed by atoms with van der Waals surface area (Å²) in [7, 11) is 0. The number of thiophene rings is 1. The van der Waals surface area contributed by atoms with E-state index in [4.69, 9.17) is 5.84 Å². The van der Waals surface area contributed by atoms with Gasteiger partial charge in [-0.2, -0.15) is 0 Å². The number of nitrogens with two attached hydrogens (primary N) is 1. The average Bonchev–Trinajstić information content (AvgIpc) is 3.23. The van der Waals surface area contributed by atoms with E-state index in [2.05, 4.69) is 31.1 Å². The molecule has 0 bridgehead atoms. The van der Waals surface area contributed by atoms with Crippen molar-refractivity contribution in [2.24, 2.45) is 0 Å². The number of thioether (sulfide) groups is 1. The van der Waals surface area contributed by atoms with Crippen molar-refractivity contribution in [2.75, 3.05) is 5.84 Å². The van der Waals surface area contributed by atoms with Gasteiger partial charge in [0.1, 0.15) is 5.65 Å². The Morgan fingerprint density at radius 2 is 2.16 bits per heavy atom. The number of halogens is 1. The minimum atomic E-state index is -0.129. The molecule has 10 heteroatoms. The summed E-state index contributed by atoms with van der Waals surface area (Å²) in [5.74, 6) is 7.17. The largest absolute Gasteiger partial charge is 0.335 e. The van der Waals surface area contributed by atoms with Crippen LogP contribution in [0.4, 0.5) is 0 Å². The van der Waals surface area contributed by atoms with Gasteiger partial charge < -0.3 is 5.84 Å². The van der Waals surface area contributed by atoms with Crippen molar-refractivity contribution in [1.82, 2.24) is 24.3 Å². The predicted octanol–water partition coefficient (Wildman–Crippen LogP) is 2.78. The van der Waals surface area contributed by atoms with Crippen LogP contribution in [0.15, 0.2) is 56.3 Å². The molecule has 4 rings (SSSR count). The Balaban J connectivity index is 1.59. The highest BCUT2D eigenvalue weighted by Gasteiger charge is 2.13. The minimum Gasteiger partial charge on any atom is -0.335 e. The fourth-order valence-corrected chi connectivity index (χ4v) is 4.08. The second kappa shape index (κ2) is 6.62. The van der Waals surface area contributed by atoms with Gasteiger partial charge in [0.15, 0.2) is 5.82 Å². The Morgan fingerprint density at radius 3 is 2.96 bits per heavy atom. The molecule has 0 aliphatic carbocycles. The van der Waals surface area contributed by atoms with Crippen LogP contribution in [0.5, 0.6) is 0 Å². The zero-order valence-electron chi connectivity index (χ0n) is 12.7. The summed E-state index contributed by atoms with van der Waals surface area (Å²) in [5.41, 5.74) is 1.13. The van der Waals surface area contributed by atoms with E-state index in [9.17, 15) is 4.79 Å². The summed E-state index contributed by atoms with van der Waals surface area (Å²) >= 11 is 6.29. The van der Waals surface area contributed by atoms with Gasteiger partial charge in [0.05, 0.1) is 10.6 Å². The molecule has 0 spiro atoms. The molecular formula is C15H11BrN6OS2. The number of nitrogen functional groups attached to an aromatic ring is 1. The Bertz CT molecular complexity index is 1110. The first-order valence-electron chi connectivity index (χ1n) is 7.17. The average molecular weight is 435 g/mol. The van der Waals surface area contributed by atoms with E-state index in [1.165, 1.54) is 26.9 Å². The molecule has 0 unspecified atom stereocenters. The first kappa shape index (κ1) is 16.3. The Hall–Kier alpha value is -2.17. The first-order chi connectivity index (χ1) is 12.1. The summed E-state index contributed by atoms with van der Waals surface area (Å²) in [5, 5.41) is 10.8. The third-order valence-corrected chi connectivity index (χ3v) is 5.74. The van der Waals surface area contributed by atoms with Gasteiger partial charge in [-0.1, -0.05) is 17.8 Å². The van der Waals surface area contributed by atoms with Gasteiger partial charge in [-0.15, -0.1) is 21.5 Å². The summed E-state index contributed by atoms with van der Waals surface area (Å²) in [6.07, 6.45) is 1.70. The van der Waals surface area contributed by atoms with Gasteiger partial charge in [0, 0.05) is 22.5 Å². The Kier molecular flexibility index (Phi) is 4.32. The molecule has 0 aliphatic rings. The summed E-state index contributed by atoms with van der Waals surface area (Å²) < 4.78 is 3.78. The standard InChI is InChI=1S/C15H11BrN6OS2/c16-9-3-4-12-18-10(6-13(23)21(12)7-9)8-25-15-20-19-14(22(15)17)11-2-1-5-24-11/h1-7H,8,17H2. The van der Waals surface area contributed by atoms with Gasteiger partial charge in [0.2, 0.25) is 5.16 Å². The molecule has 7 nitrogen and oxygen atoms in total. The van der Waals surface area contributed by atoms with Crippen LogP contribution < -0.4 is 11.4 Å². The van der Waals surface area contributed by atoms with Crippen molar-refractivity contribution in [3.05, 3.63) is 62.4 Å². The molecule has 4 heterocycles. The minimum absolute atomic E-state index is 0.129. The zero-order valence-corrected chi connectivity index (χ0v) is 15.9. The van der Waals surface area contributed by atoms with Crippen molar-refractivity contribution < 1.29 is 0 Å². The third kappa shape index (κ3) is 3.20. The lowest BCUT2D eigenvalue weighted by atomic mass is 10.4. The monoisotopic (exact) mass is 434 g/mol. The molecule has 0 aromatic carbocycles. The molecule has 4 aromatic rings. The van der Waals surface area contributed by atoms with Gasteiger partial charge in [0.25, 0.3) is 5.56 Å². The van der Waals surface area contributed by atoms with E-state index in [0.717, 1.165) is 9.35 Å². The molecule has 25 heavy (non-hydrogen) atoms. The maximum absolute atomic E-state index is 12.2. The number of rotatable bonds is 4. The van der Waals surface area contributed by atoms with Crippen LogP contribution in [0, 0.1) is 0 Å². The number of pyridine rings is 1. The predicted molar refractivity (Wildman–Crippen MR) is 102 cm³/mol. The van der Waals surface area contributed by atoms with Crippen LogP contribution in [0.3, 0.4) is 0 Å². The number of hydrogen-bond acceptors (Lipinski definition) is 7. The smallest absolute Gasteiger partial charge is 0.258 e. The van der Waals surface area contributed by atoms with Gasteiger partial charge in [-0.25, -0.2) is 9.66 Å². The van der Waals surface area contributed by atoms with E-state index >= 15 is 0 Å². The van der Waals surface area contributed by atoms with E-state index in [0.29, 0.717) is 28.1 Å². The second-order valence-electron chi connectivity index (χ2n) is 5.10. The van der Waals surface area contributed by atoms with Crippen molar-refractivity contribution in [2.45, 2.75) is 10.9 Å². The molecule has 0 aliphatic heterocycles. The molecule has 0 radical (unpaired) electrons. The quantitative estimate of drug-likeness (QED) is 0.392. The van der Waals surface area contributed by atoms with Crippen LogP contribution >= 0.6 is 39.0 Å². The number of hydrogen-bond donors (Lipinski definition) is 1. The third-order valence-electron chi connectivity index (χ3n) is 3.43. The van der Waals surface area contributed by atoms with Crippen molar-refractivity contribution in [1.29, 1.82) is 0 Å². The normalized spacial score (nSPS) is 11.2. The van der Waals surface area contributed by atoms with Crippen LogP contribution in [-0.4, -0.2) is 24.3 Å². The van der Waals surface area contributed by atoms with E-state index in [1.807, 2.05) is 23.6 Å². The van der Waals surface area contributed by atoms with Gasteiger partial charge in [-0.3, -0.25) is 9.20 Å². The summed E-state index contributed by atoms with van der Waals surface area (Å²) in [6.45, 7) is 0. The number of aromatic nitrogens is 5. The maximum Gasteiger partial charge on any atom is 0.258 e. The SMILES string of the molecule is Nn1c(SCc2cc(=O)n3cc(Br)ccc3n2)nnc1-c1cccs1. The van der Waals surface area contributed by atoms with Gasteiger partial charge >= 0.3 is 0 Å². The molecule has 2 N–H and O–H groups in total. The van der Waals surface area contributed by atoms with Crippen LogP contribution in [0.1, 0.15) is 5.69 Å². The lowest BCUT2D eigenvalue weighted by Gasteiger charge is -2.05. The molecule has 0 amide bonds. The highest BCUT2D eigenvalue weighted by molar-refractivity contribution is 9.10.